The van der Waals surface area contributed by atoms with Gasteiger partial charge in [0.1, 0.15) is 18.6 Å². The fourth-order valence-corrected chi connectivity index (χ4v) is 4.19. The fourth-order valence-electron chi connectivity index (χ4n) is 4.19. The molecule has 0 spiro atoms. The monoisotopic (exact) mass is 705 g/mol. The van der Waals surface area contributed by atoms with E-state index in [1.165, 1.54) is 30.5 Å². The van der Waals surface area contributed by atoms with E-state index in [1.54, 1.807) is 24.3 Å². The van der Waals surface area contributed by atoms with E-state index in [0.717, 1.165) is 23.7 Å². The van der Waals surface area contributed by atoms with Crippen LogP contribution in [-0.2, 0) is 25.7 Å². The molecule has 5 rings (SSSR count). The van der Waals surface area contributed by atoms with E-state index in [4.69, 9.17) is 15.9 Å². The molecule has 0 radical (unpaired) electrons. The molecule has 266 valence electrons. The number of aliphatic carboxylic acids is 2. The first-order valence-corrected chi connectivity index (χ1v) is 15.5. The Morgan fingerprint density at radius 1 is 0.827 bits per heavy atom. The summed E-state index contributed by atoms with van der Waals surface area (Å²) in [6.45, 7) is 0.231. The van der Waals surface area contributed by atoms with Crippen LogP contribution in [-0.4, -0.2) is 66.6 Å². The molecule has 2 aromatic heterocycles. The third-order valence-electron chi connectivity index (χ3n) is 6.70. The number of hydrogen-bond acceptors (Lipinski definition) is 11. The third kappa shape index (κ3) is 13.7. The Bertz CT molecular complexity index is 2010. The van der Waals surface area contributed by atoms with Crippen molar-refractivity contribution in [1.29, 1.82) is 0 Å². The highest BCUT2D eigenvalue weighted by molar-refractivity contribution is 5.97. The number of rotatable bonds is 13. The number of fused-ring (bicyclic) bond motifs is 1. The first kappa shape index (κ1) is 39.2. The molecular weight excluding hydrogens is 670 g/mol. The van der Waals surface area contributed by atoms with Gasteiger partial charge >= 0.3 is 17.5 Å². The van der Waals surface area contributed by atoms with Gasteiger partial charge in [0.15, 0.2) is 11.2 Å². The molecule has 15 heteroatoms. The van der Waals surface area contributed by atoms with Crippen LogP contribution < -0.4 is 21.9 Å². The summed E-state index contributed by atoms with van der Waals surface area (Å²) in [6, 6.07) is 24.3. The number of aromatic amines is 1. The molecule has 0 aliphatic heterocycles. The van der Waals surface area contributed by atoms with E-state index in [0.29, 0.717) is 11.4 Å². The lowest BCUT2D eigenvalue weighted by atomic mass is 10.1. The number of carbonyl (C=O) groups is 5. The minimum absolute atomic E-state index is 0.0524. The average molecular weight is 706 g/mol. The van der Waals surface area contributed by atoms with Crippen LogP contribution >= 0.6 is 0 Å². The molecule has 0 fully saturated rings. The van der Waals surface area contributed by atoms with Crippen molar-refractivity contribution < 1.29 is 34.2 Å². The number of H-pyrrole nitrogens is 1. The Morgan fingerprint density at radius 2 is 1.40 bits per heavy atom. The number of hydrogen-bond donors (Lipinski definition) is 6. The van der Waals surface area contributed by atoms with Gasteiger partial charge in [-0.2, -0.15) is 4.98 Å². The van der Waals surface area contributed by atoms with Crippen LogP contribution in [0.25, 0.3) is 23.3 Å². The topological polar surface area (TPSA) is 247 Å². The van der Waals surface area contributed by atoms with Crippen molar-refractivity contribution in [1.82, 2.24) is 25.3 Å². The summed E-state index contributed by atoms with van der Waals surface area (Å²) in [4.78, 5) is 80.3. The Kier molecular flexibility index (Phi) is 15.8. The second-order valence-electron chi connectivity index (χ2n) is 10.5. The maximum Gasteiger partial charge on any atom is 0.326 e. The normalized spacial score (nSPS) is 11.0. The summed E-state index contributed by atoms with van der Waals surface area (Å²) in [5.41, 5.74) is 8.57. The Balaban J connectivity index is 0.000000294. The van der Waals surface area contributed by atoms with Gasteiger partial charge in [-0.25, -0.2) is 14.8 Å². The smallest absolute Gasteiger partial charge is 0.326 e. The molecule has 15 nitrogen and oxygen atoms in total. The lowest BCUT2D eigenvalue weighted by molar-refractivity contribution is -0.140. The highest BCUT2D eigenvalue weighted by Crippen LogP contribution is 2.12. The number of nitrogens with one attached hydrogen (secondary N) is 3. The number of allylic oxidation sites excluding steroid dienone is 2. The minimum Gasteiger partial charge on any atom is -0.481 e. The maximum absolute atomic E-state index is 12.3. The van der Waals surface area contributed by atoms with Gasteiger partial charge < -0.3 is 31.6 Å². The predicted octanol–water partition coefficient (Wildman–Crippen LogP) is 3.75. The lowest BCUT2D eigenvalue weighted by Crippen LogP contribution is -2.41. The molecule has 3 aromatic carbocycles. The molecule has 0 bridgehead atoms. The van der Waals surface area contributed by atoms with Crippen molar-refractivity contribution in [2.75, 3.05) is 11.1 Å². The molecule has 1 amide bonds. The van der Waals surface area contributed by atoms with E-state index in [2.05, 4.69) is 30.6 Å². The third-order valence-corrected chi connectivity index (χ3v) is 6.70. The number of carbonyl (C=O) groups excluding carboxylic acids is 3. The Hall–Kier alpha value is -7.29. The van der Waals surface area contributed by atoms with Crippen molar-refractivity contribution >= 4 is 65.4 Å². The molecule has 2 heterocycles. The number of amides is 1. The number of carboxylic acid groups (broad SMARTS) is 2. The van der Waals surface area contributed by atoms with Gasteiger partial charge in [-0.1, -0.05) is 72.8 Å². The largest absolute Gasteiger partial charge is 0.481 e. The number of benzene rings is 3. The first-order chi connectivity index (χ1) is 25.1. The number of anilines is 2. The Morgan fingerprint density at radius 3 is 1.92 bits per heavy atom. The highest BCUT2D eigenvalue weighted by Gasteiger charge is 2.21. The van der Waals surface area contributed by atoms with Crippen LogP contribution in [0.4, 0.5) is 11.6 Å². The SMILES string of the molecule is Nc1nc(=O)c2nc(CNc3ccc(C(=O)N[C@@H](CCC(=O)O)C(=O)O)cc3)cnc2[nH]1.O=C/C=C/c1ccccc1.O=C/C=C/c1ccccc1. The van der Waals surface area contributed by atoms with E-state index >= 15 is 0 Å². The minimum atomic E-state index is -1.31. The average Bonchev–Trinajstić information content (AvgIpc) is 3.15. The van der Waals surface area contributed by atoms with E-state index in [-0.39, 0.29) is 42.1 Å². The van der Waals surface area contributed by atoms with Crippen LogP contribution in [0.3, 0.4) is 0 Å². The molecule has 1 atom stereocenters. The molecule has 5 aromatic rings. The zero-order chi connectivity index (χ0) is 37.7. The van der Waals surface area contributed by atoms with Gasteiger partial charge in [0.05, 0.1) is 18.4 Å². The van der Waals surface area contributed by atoms with Crippen molar-refractivity contribution in [2.45, 2.75) is 25.4 Å². The zero-order valence-electron chi connectivity index (χ0n) is 27.6. The maximum atomic E-state index is 12.3. The van der Waals surface area contributed by atoms with Gasteiger partial charge in [-0.15, -0.1) is 0 Å². The fraction of sp³-hybridized carbons (Fsp3) is 0.108. The number of carboxylic acids is 2. The molecule has 0 saturated carbocycles. The summed E-state index contributed by atoms with van der Waals surface area (Å²) in [5, 5.41) is 23.2. The summed E-state index contributed by atoms with van der Waals surface area (Å²) >= 11 is 0. The summed E-state index contributed by atoms with van der Waals surface area (Å²) in [7, 11) is 0. The summed E-state index contributed by atoms with van der Waals surface area (Å²) < 4.78 is 0. The second kappa shape index (κ2) is 20.9. The molecule has 0 saturated heterocycles. The van der Waals surface area contributed by atoms with Crippen molar-refractivity contribution in [3.63, 3.8) is 0 Å². The van der Waals surface area contributed by atoms with E-state index in [9.17, 15) is 28.8 Å². The lowest BCUT2D eigenvalue weighted by Gasteiger charge is -2.14. The number of aldehydes is 2. The summed E-state index contributed by atoms with van der Waals surface area (Å²) in [6.07, 6.45) is 8.90. The van der Waals surface area contributed by atoms with Crippen LogP contribution in [0.1, 0.15) is 40.0 Å². The van der Waals surface area contributed by atoms with Gasteiger partial charge in [0.2, 0.25) is 5.95 Å². The van der Waals surface area contributed by atoms with E-state index in [1.807, 2.05) is 60.7 Å². The van der Waals surface area contributed by atoms with Crippen molar-refractivity contribution in [2.24, 2.45) is 0 Å². The molecule has 0 unspecified atom stereocenters. The standard InChI is InChI=1S/C19H19N7O6.2C9H8O/c20-19-25-15-14(17(30)26-19)23-11(8-22-15)7-21-10-3-1-9(2-4-10)16(29)24-12(18(31)32)5-6-13(27)28;2*10-8-4-7-9-5-2-1-3-6-9/h1-4,8,12,21H,5-7H2,(H,24,29)(H,27,28)(H,31,32)(H3,20,22,25,26,30);2*1-8H/b;2*7-4+/t12-;;/m0../s1. The number of nitrogens with two attached hydrogens (primary N) is 1. The van der Waals surface area contributed by atoms with Crippen LogP contribution in [0.15, 0.2) is 108 Å². The van der Waals surface area contributed by atoms with E-state index < -0.39 is 29.4 Å². The number of nitrogen functional groups attached to an aromatic ring is 1. The Labute approximate surface area is 297 Å². The van der Waals surface area contributed by atoms with Gasteiger partial charge in [-0.05, 0) is 54.0 Å². The van der Waals surface area contributed by atoms with Crippen molar-refractivity contribution in [3.05, 3.63) is 136 Å². The first-order valence-electron chi connectivity index (χ1n) is 15.5. The van der Waals surface area contributed by atoms with Crippen LogP contribution in [0.2, 0.25) is 0 Å². The molecule has 52 heavy (non-hydrogen) atoms. The highest BCUT2D eigenvalue weighted by atomic mass is 16.4. The van der Waals surface area contributed by atoms with Gasteiger partial charge in [0, 0.05) is 17.7 Å². The van der Waals surface area contributed by atoms with Gasteiger partial charge in [-0.3, -0.25) is 24.0 Å². The molecule has 0 aliphatic carbocycles. The zero-order valence-corrected chi connectivity index (χ0v) is 27.6. The number of nitrogens with zero attached hydrogens (tertiary/aromatic N) is 3. The molecule has 7 N–H and O–H groups in total. The summed E-state index contributed by atoms with van der Waals surface area (Å²) in [5.74, 6) is -3.16. The molecular formula is C37H35N7O8. The quantitative estimate of drug-likeness (QED) is 0.0755. The van der Waals surface area contributed by atoms with Crippen molar-refractivity contribution in [3.8, 4) is 0 Å². The second-order valence-corrected chi connectivity index (χ2v) is 10.5. The molecule has 0 aliphatic rings. The van der Waals surface area contributed by atoms with Crippen LogP contribution in [0.5, 0.6) is 0 Å². The van der Waals surface area contributed by atoms with Gasteiger partial charge in [0.25, 0.3) is 5.91 Å². The van der Waals surface area contributed by atoms with Crippen LogP contribution in [0, 0.1) is 0 Å². The predicted molar refractivity (Wildman–Crippen MR) is 195 cm³/mol. The number of aromatic nitrogens is 4.